The summed E-state index contributed by atoms with van der Waals surface area (Å²) in [6.07, 6.45) is 1.64. The van der Waals surface area contributed by atoms with E-state index in [2.05, 4.69) is 5.32 Å². The Balaban J connectivity index is 1.26. The van der Waals surface area contributed by atoms with Crippen LogP contribution in [0.1, 0.15) is 17.5 Å². The standard InChI is InChI=1S/C25H24N2O6S/c1-17-13-20(34(29,30)27-12-4-6-18-5-2-3-7-21(18)27)9-11-22(17)31-15-25(28)26-19-8-10-23-24(14-19)33-16-32-23/h2-3,5,7-11,13-14H,4,6,12,15-16H2,1H3,(H,26,28). The number of benzene rings is 3. The first-order valence-corrected chi connectivity index (χ1v) is 12.4. The number of nitrogens with zero attached hydrogens (tertiary/aromatic N) is 1. The van der Waals surface area contributed by atoms with Crippen molar-refractivity contribution in [1.82, 2.24) is 0 Å². The van der Waals surface area contributed by atoms with Gasteiger partial charge in [0.2, 0.25) is 6.79 Å². The number of anilines is 2. The lowest BCUT2D eigenvalue weighted by atomic mass is 10.0. The molecule has 0 saturated heterocycles. The second kappa shape index (κ2) is 8.90. The Morgan fingerprint density at radius 1 is 1.06 bits per heavy atom. The molecule has 0 spiro atoms. The highest BCUT2D eigenvalue weighted by Crippen LogP contribution is 2.35. The Bertz CT molecular complexity index is 1360. The second-order valence-electron chi connectivity index (χ2n) is 8.14. The van der Waals surface area contributed by atoms with Crippen LogP contribution in [0.4, 0.5) is 11.4 Å². The number of amides is 1. The molecule has 0 radical (unpaired) electrons. The molecule has 5 rings (SSSR count). The van der Waals surface area contributed by atoms with Gasteiger partial charge < -0.3 is 19.5 Å². The average Bonchev–Trinajstić information content (AvgIpc) is 3.31. The van der Waals surface area contributed by atoms with Gasteiger partial charge in [0.15, 0.2) is 18.1 Å². The first-order chi connectivity index (χ1) is 16.4. The topological polar surface area (TPSA) is 94.2 Å². The van der Waals surface area contributed by atoms with Gasteiger partial charge in [-0.05, 0) is 67.3 Å². The van der Waals surface area contributed by atoms with Crippen LogP contribution in [0.15, 0.2) is 65.6 Å². The molecule has 1 amide bonds. The second-order valence-corrected chi connectivity index (χ2v) is 10.0. The van der Waals surface area contributed by atoms with Crippen LogP contribution < -0.4 is 23.8 Å². The van der Waals surface area contributed by atoms with E-state index in [1.807, 2.05) is 24.3 Å². The zero-order chi connectivity index (χ0) is 23.7. The van der Waals surface area contributed by atoms with E-state index in [1.165, 1.54) is 10.4 Å². The fourth-order valence-corrected chi connectivity index (χ4v) is 5.76. The number of hydrogen-bond donors (Lipinski definition) is 1. The molecule has 2 aliphatic rings. The number of ether oxygens (including phenoxy) is 3. The predicted octanol–water partition coefficient (Wildman–Crippen LogP) is 3.88. The molecule has 3 aromatic rings. The molecular weight excluding hydrogens is 456 g/mol. The van der Waals surface area contributed by atoms with Crippen LogP contribution in [0, 0.1) is 6.92 Å². The third-order valence-electron chi connectivity index (χ3n) is 5.82. The summed E-state index contributed by atoms with van der Waals surface area (Å²) in [5.41, 5.74) is 2.95. The summed E-state index contributed by atoms with van der Waals surface area (Å²) in [5, 5.41) is 2.75. The zero-order valence-corrected chi connectivity index (χ0v) is 19.4. The van der Waals surface area contributed by atoms with Gasteiger partial charge in [0.25, 0.3) is 15.9 Å². The maximum absolute atomic E-state index is 13.4. The molecule has 8 nitrogen and oxygen atoms in total. The molecule has 0 atom stereocenters. The fourth-order valence-electron chi connectivity index (χ4n) is 4.13. The molecule has 0 saturated carbocycles. The van der Waals surface area contributed by atoms with Crippen LogP contribution in [-0.4, -0.2) is 34.3 Å². The summed E-state index contributed by atoms with van der Waals surface area (Å²) in [4.78, 5) is 12.5. The van der Waals surface area contributed by atoms with Crippen LogP contribution in [0.2, 0.25) is 0 Å². The SMILES string of the molecule is Cc1cc(S(=O)(=O)N2CCCc3ccccc32)ccc1OCC(=O)Nc1ccc2c(c1)OCO2. The summed E-state index contributed by atoms with van der Waals surface area (Å²) in [7, 11) is -3.72. The Hall–Kier alpha value is -3.72. The summed E-state index contributed by atoms with van der Waals surface area (Å²) < 4.78 is 44.4. The minimum absolute atomic E-state index is 0.158. The number of nitrogens with one attached hydrogen (secondary N) is 1. The molecule has 1 N–H and O–H groups in total. The van der Waals surface area contributed by atoms with Gasteiger partial charge in [0.05, 0.1) is 10.6 Å². The van der Waals surface area contributed by atoms with Crippen molar-refractivity contribution in [1.29, 1.82) is 0 Å². The molecule has 0 unspecified atom stereocenters. The summed E-state index contributed by atoms with van der Waals surface area (Å²) >= 11 is 0. The van der Waals surface area contributed by atoms with Crippen molar-refractivity contribution in [2.75, 3.05) is 29.6 Å². The van der Waals surface area contributed by atoms with Crippen LogP contribution in [-0.2, 0) is 21.2 Å². The monoisotopic (exact) mass is 480 g/mol. The smallest absolute Gasteiger partial charge is 0.264 e. The van der Waals surface area contributed by atoms with E-state index in [-0.39, 0.29) is 24.2 Å². The van der Waals surface area contributed by atoms with Crippen molar-refractivity contribution in [3.8, 4) is 17.2 Å². The number of carbonyl (C=O) groups excluding carboxylic acids is 1. The lowest BCUT2D eigenvalue weighted by Gasteiger charge is -2.30. The maximum atomic E-state index is 13.4. The van der Waals surface area contributed by atoms with Crippen molar-refractivity contribution in [3.63, 3.8) is 0 Å². The third kappa shape index (κ3) is 4.26. The third-order valence-corrected chi connectivity index (χ3v) is 7.63. The summed E-state index contributed by atoms with van der Waals surface area (Å²) in [6.45, 7) is 2.14. The Kier molecular flexibility index (Phi) is 5.79. The van der Waals surface area contributed by atoms with Crippen molar-refractivity contribution in [2.24, 2.45) is 0 Å². The molecule has 9 heteroatoms. The van der Waals surface area contributed by atoms with E-state index in [9.17, 15) is 13.2 Å². The molecule has 0 fully saturated rings. The zero-order valence-electron chi connectivity index (χ0n) is 18.6. The largest absolute Gasteiger partial charge is 0.483 e. The Morgan fingerprint density at radius 3 is 2.74 bits per heavy atom. The molecule has 0 aliphatic carbocycles. The number of fused-ring (bicyclic) bond motifs is 2. The van der Waals surface area contributed by atoms with Crippen LogP contribution in [0.3, 0.4) is 0 Å². The molecule has 176 valence electrons. The van der Waals surface area contributed by atoms with E-state index in [0.29, 0.717) is 35.0 Å². The molecule has 0 bridgehead atoms. The van der Waals surface area contributed by atoms with E-state index in [0.717, 1.165) is 24.1 Å². The van der Waals surface area contributed by atoms with Gasteiger partial charge in [-0.25, -0.2) is 8.42 Å². The molecule has 2 aliphatic heterocycles. The fraction of sp³-hybridized carbons (Fsp3) is 0.240. The molecule has 3 aromatic carbocycles. The quantitative estimate of drug-likeness (QED) is 0.576. The molecule has 2 heterocycles. The van der Waals surface area contributed by atoms with E-state index in [1.54, 1.807) is 37.3 Å². The summed E-state index contributed by atoms with van der Waals surface area (Å²) in [6, 6.07) is 17.4. The average molecular weight is 481 g/mol. The van der Waals surface area contributed by atoms with E-state index >= 15 is 0 Å². The van der Waals surface area contributed by atoms with Gasteiger partial charge in [-0.15, -0.1) is 0 Å². The summed E-state index contributed by atoms with van der Waals surface area (Å²) in [5.74, 6) is 1.30. The lowest BCUT2D eigenvalue weighted by Crippen LogP contribution is -2.35. The molecular formula is C25H24N2O6S. The predicted molar refractivity (Wildman–Crippen MR) is 127 cm³/mol. The number of hydrogen-bond acceptors (Lipinski definition) is 6. The van der Waals surface area contributed by atoms with Gasteiger partial charge in [0.1, 0.15) is 5.75 Å². The van der Waals surface area contributed by atoms with Crippen molar-refractivity contribution in [2.45, 2.75) is 24.7 Å². The minimum atomic E-state index is -3.72. The van der Waals surface area contributed by atoms with Crippen LogP contribution >= 0.6 is 0 Å². The highest BCUT2D eigenvalue weighted by Gasteiger charge is 2.29. The lowest BCUT2D eigenvalue weighted by molar-refractivity contribution is -0.118. The van der Waals surface area contributed by atoms with Gasteiger partial charge in [0, 0.05) is 18.3 Å². The highest BCUT2D eigenvalue weighted by molar-refractivity contribution is 7.92. The van der Waals surface area contributed by atoms with Crippen LogP contribution in [0.5, 0.6) is 17.2 Å². The van der Waals surface area contributed by atoms with E-state index in [4.69, 9.17) is 14.2 Å². The normalized spacial score (nSPS) is 14.4. The first kappa shape index (κ1) is 22.1. The first-order valence-electron chi connectivity index (χ1n) is 11.0. The van der Waals surface area contributed by atoms with Crippen molar-refractivity contribution < 1.29 is 27.4 Å². The van der Waals surface area contributed by atoms with Crippen LogP contribution in [0.25, 0.3) is 0 Å². The Labute approximate surface area is 198 Å². The number of carbonyl (C=O) groups is 1. The van der Waals surface area contributed by atoms with Gasteiger partial charge in [-0.2, -0.15) is 0 Å². The number of rotatable bonds is 6. The number of sulfonamides is 1. The van der Waals surface area contributed by atoms with Gasteiger partial charge >= 0.3 is 0 Å². The van der Waals surface area contributed by atoms with Crippen molar-refractivity contribution in [3.05, 3.63) is 71.8 Å². The van der Waals surface area contributed by atoms with Gasteiger partial charge in [-0.3, -0.25) is 9.10 Å². The van der Waals surface area contributed by atoms with Crippen molar-refractivity contribution >= 4 is 27.3 Å². The van der Waals surface area contributed by atoms with E-state index < -0.39 is 10.0 Å². The number of para-hydroxylation sites is 1. The maximum Gasteiger partial charge on any atom is 0.264 e. The highest BCUT2D eigenvalue weighted by atomic mass is 32.2. The van der Waals surface area contributed by atoms with Gasteiger partial charge in [-0.1, -0.05) is 18.2 Å². The molecule has 0 aromatic heterocycles. The minimum Gasteiger partial charge on any atom is -0.483 e. The Morgan fingerprint density at radius 2 is 1.88 bits per heavy atom. The number of aryl methyl sites for hydroxylation is 2. The molecule has 34 heavy (non-hydrogen) atoms.